The summed E-state index contributed by atoms with van der Waals surface area (Å²) >= 11 is 3.58. The number of rotatable bonds is 7. The molecule has 2 fully saturated rings. The highest BCUT2D eigenvalue weighted by Crippen LogP contribution is 2.60. The summed E-state index contributed by atoms with van der Waals surface area (Å²) < 4.78 is 10.2. The number of methoxy groups -OCH3 is 1. The summed E-state index contributed by atoms with van der Waals surface area (Å²) in [5.41, 5.74) is 0.796. The Labute approximate surface area is 172 Å². The number of allylic oxidation sites excluding steroid dienone is 1. The minimum atomic E-state index is -1.18. The normalized spacial score (nSPS) is 32.4. The second kappa shape index (κ2) is 9.11. The zero-order valence-electron chi connectivity index (χ0n) is 17.5. The second-order valence-electron chi connectivity index (χ2n) is 8.97. The Hall–Kier alpha value is -0.840. The third-order valence-electron chi connectivity index (χ3n) is 7.16. The van der Waals surface area contributed by atoms with Crippen molar-refractivity contribution in [1.29, 1.82) is 0 Å². The summed E-state index contributed by atoms with van der Waals surface area (Å²) in [6, 6.07) is 0. The van der Waals surface area contributed by atoms with Gasteiger partial charge in [-0.25, -0.2) is 4.79 Å². The van der Waals surface area contributed by atoms with E-state index >= 15 is 0 Å². The van der Waals surface area contributed by atoms with Gasteiger partial charge in [-0.15, -0.1) is 0 Å². The van der Waals surface area contributed by atoms with Crippen LogP contribution in [0.3, 0.4) is 0 Å². The van der Waals surface area contributed by atoms with Gasteiger partial charge in [0.15, 0.2) is 0 Å². The van der Waals surface area contributed by atoms with Crippen molar-refractivity contribution in [2.45, 2.75) is 84.7 Å². The summed E-state index contributed by atoms with van der Waals surface area (Å²) in [4.78, 5) is 25.7. The van der Waals surface area contributed by atoms with Gasteiger partial charge in [-0.1, -0.05) is 41.8 Å². The van der Waals surface area contributed by atoms with Crippen molar-refractivity contribution in [2.75, 3.05) is 7.11 Å². The molecule has 2 aliphatic carbocycles. The van der Waals surface area contributed by atoms with Crippen LogP contribution in [0.2, 0.25) is 0 Å². The van der Waals surface area contributed by atoms with Crippen LogP contribution in [-0.4, -0.2) is 24.6 Å². The first-order valence-corrected chi connectivity index (χ1v) is 11.2. The molecule has 0 spiro atoms. The van der Waals surface area contributed by atoms with Crippen molar-refractivity contribution < 1.29 is 19.1 Å². The maximum atomic E-state index is 12.1. The Morgan fingerprint density at radius 1 is 1.41 bits per heavy atom. The van der Waals surface area contributed by atoms with Crippen molar-refractivity contribution in [2.24, 2.45) is 23.2 Å². The summed E-state index contributed by atoms with van der Waals surface area (Å²) in [6.45, 7) is 7.83. The Balaban J connectivity index is 1.98. The van der Waals surface area contributed by atoms with Crippen molar-refractivity contribution in [3.05, 3.63) is 10.6 Å². The quantitative estimate of drug-likeness (QED) is 0.468. The average molecular weight is 443 g/mol. The minimum Gasteiger partial charge on any atom is -0.466 e. The van der Waals surface area contributed by atoms with E-state index in [2.05, 4.69) is 34.8 Å². The number of halogens is 1. The van der Waals surface area contributed by atoms with Gasteiger partial charge in [-0.2, -0.15) is 0 Å². The van der Waals surface area contributed by atoms with Crippen molar-refractivity contribution in [3.63, 3.8) is 0 Å². The van der Waals surface area contributed by atoms with Crippen LogP contribution in [0.25, 0.3) is 0 Å². The molecule has 2 saturated carbocycles. The number of carbonyl (C=O) groups excluding carboxylic acids is 2. The lowest BCUT2D eigenvalue weighted by molar-refractivity contribution is -0.178. The van der Waals surface area contributed by atoms with E-state index in [1.54, 1.807) is 12.5 Å². The fourth-order valence-corrected chi connectivity index (χ4v) is 6.38. The van der Waals surface area contributed by atoms with E-state index in [0.29, 0.717) is 29.6 Å². The molecule has 0 aromatic carbocycles. The molecule has 0 aromatic rings. The second-order valence-corrected chi connectivity index (χ2v) is 9.42. The molecule has 0 aromatic heterocycles. The van der Waals surface area contributed by atoms with Gasteiger partial charge in [-0.3, -0.25) is 4.79 Å². The molecule has 0 saturated heterocycles. The molecule has 0 aliphatic heterocycles. The van der Waals surface area contributed by atoms with Crippen molar-refractivity contribution >= 4 is 27.9 Å². The Morgan fingerprint density at radius 3 is 2.70 bits per heavy atom. The molecule has 0 heterocycles. The van der Waals surface area contributed by atoms with Crippen LogP contribution in [-0.2, 0) is 19.1 Å². The molecule has 27 heavy (non-hydrogen) atoms. The number of hydrogen-bond donors (Lipinski definition) is 0. The zero-order chi connectivity index (χ0) is 20.2. The highest BCUT2D eigenvalue weighted by atomic mass is 79.9. The van der Waals surface area contributed by atoms with Crippen LogP contribution >= 0.6 is 15.9 Å². The molecular formula is C22H35BrO4. The Kier molecular flexibility index (Phi) is 7.57. The molecule has 0 N–H and O–H groups in total. The van der Waals surface area contributed by atoms with E-state index in [1.165, 1.54) is 46.1 Å². The lowest BCUT2D eigenvalue weighted by Crippen LogP contribution is -2.41. The topological polar surface area (TPSA) is 52.6 Å². The van der Waals surface area contributed by atoms with E-state index in [-0.39, 0.29) is 0 Å². The van der Waals surface area contributed by atoms with Crippen LogP contribution in [0.1, 0.15) is 79.1 Å². The predicted octanol–water partition coefficient (Wildman–Crippen LogP) is 5.78. The van der Waals surface area contributed by atoms with Gasteiger partial charge in [0.05, 0.1) is 7.11 Å². The lowest BCUT2D eigenvalue weighted by Gasteiger charge is -2.44. The van der Waals surface area contributed by atoms with E-state index in [0.717, 1.165) is 12.8 Å². The summed E-state index contributed by atoms with van der Waals surface area (Å²) in [6.07, 6.45) is 8.77. The van der Waals surface area contributed by atoms with Gasteiger partial charge >= 0.3 is 11.9 Å². The van der Waals surface area contributed by atoms with E-state index < -0.39 is 17.5 Å². The average Bonchev–Trinajstić information content (AvgIpc) is 2.97. The monoisotopic (exact) mass is 442 g/mol. The van der Waals surface area contributed by atoms with Crippen molar-refractivity contribution in [3.8, 4) is 0 Å². The number of esters is 2. The zero-order valence-corrected chi connectivity index (χ0v) is 19.1. The molecule has 2 aliphatic rings. The molecular weight excluding hydrogens is 408 g/mol. The van der Waals surface area contributed by atoms with Gasteiger partial charge in [0.2, 0.25) is 5.60 Å². The summed E-state index contributed by atoms with van der Waals surface area (Å²) in [5, 5.41) is 0. The van der Waals surface area contributed by atoms with Crippen LogP contribution < -0.4 is 0 Å². The first kappa shape index (κ1) is 22.4. The number of hydrogen-bond acceptors (Lipinski definition) is 4. The fraction of sp³-hybridized carbons (Fsp3) is 0.818. The van der Waals surface area contributed by atoms with Crippen LogP contribution in [0.15, 0.2) is 10.6 Å². The summed E-state index contributed by atoms with van der Waals surface area (Å²) in [7, 11) is 1.34. The first-order chi connectivity index (χ1) is 12.7. The molecule has 5 heteroatoms. The van der Waals surface area contributed by atoms with Crippen molar-refractivity contribution in [1.82, 2.24) is 0 Å². The molecule has 0 radical (unpaired) electrons. The van der Waals surface area contributed by atoms with Gasteiger partial charge < -0.3 is 9.47 Å². The van der Waals surface area contributed by atoms with E-state index in [1.807, 2.05) is 0 Å². The highest BCUT2D eigenvalue weighted by molar-refractivity contribution is 9.11. The number of carbonyl (C=O) groups is 2. The summed E-state index contributed by atoms with van der Waals surface area (Å²) in [5.74, 6) is 1.09. The maximum absolute atomic E-state index is 12.1. The van der Waals surface area contributed by atoms with E-state index in [4.69, 9.17) is 9.47 Å². The molecule has 5 atom stereocenters. The van der Waals surface area contributed by atoms with Gasteiger partial charge in [0, 0.05) is 6.92 Å². The SMILES string of the molecule is COC(=O)[C@@](C)(CCC[C@@H](C)[C@H]1CCC2C(=CBr)CCC[C@@]21C)OC(C)=O. The Bertz CT molecular complexity index is 587. The number of fused-ring (bicyclic) bond motifs is 1. The third-order valence-corrected chi connectivity index (χ3v) is 7.75. The molecule has 0 amide bonds. The largest absolute Gasteiger partial charge is 0.466 e. The highest BCUT2D eigenvalue weighted by Gasteiger charge is 2.50. The number of ether oxygens (including phenoxy) is 2. The molecule has 154 valence electrons. The van der Waals surface area contributed by atoms with Gasteiger partial charge in [-0.05, 0) is 80.0 Å². The first-order valence-electron chi connectivity index (χ1n) is 10.2. The van der Waals surface area contributed by atoms with E-state index in [9.17, 15) is 9.59 Å². The van der Waals surface area contributed by atoms with Gasteiger partial charge in [0.1, 0.15) is 0 Å². The fourth-order valence-electron chi connectivity index (χ4n) is 5.84. The standard InChI is InChI=1S/C22H35BrO4/c1-15(8-6-13-22(4,20(25)26-5)27-16(2)24)18-10-11-19-17(14-23)9-7-12-21(18,19)3/h14-15,18-19H,6-13H2,1-5H3/t15-,18-,19?,21-,22-/m1/s1. The lowest BCUT2D eigenvalue weighted by atomic mass is 9.61. The maximum Gasteiger partial charge on any atom is 0.350 e. The minimum absolute atomic E-state index is 0.388. The molecule has 0 bridgehead atoms. The van der Waals surface area contributed by atoms with Crippen LogP contribution in [0, 0.1) is 23.2 Å². The molecule has 2 rings (SSSR count). The van der Waals surface area contributed by atoms with Gasteiger partial charge in [0.25, 0.3) is 0 Å². The predicted molar refractivity (Wildman–Crippen MR) is 110 cm³/mol. The molecule has 1 unspecified atom stereocenters. The third kappa shape index (κ3) is 4.78. The smallest absolute Gasteiger partial charge is 0.350 e. The van der Waals surface area contributed by atoms with Crippen LogP contribution in [0.5, 0.6) is 0 Å². The van der Waals surface area contributed by atoms with Crippen LogP contribution in [0.4, 0.5) is 0 Å². The molecule has 4 nitrogen and oxygen atoms in total. The Morgan fingerprint density at radius 2 is 2.11 bits per heavy atom.